The summed E-state index contributed by atoms with van der Waals surface area (Å²) >= 11 is 0. The van der Waals surface area contributed by atoms with Gasteiger partial charge in [0.2, 0.25) is 11.8 Å². The first kappa shape index (κ1) is 48.5. The van der Waals surface area contributed by atoms with E-state index in [4.69, 9.17) is 34.2 Å². The van der Waals surface area contributed by atoms with Crippen LogP contribution in [-0.4, -0.2) is 144 Å². The molecule has 20 heteroatoms. The van der Waals surface area contributed by atoms with Crippen molar-refractivity contribution in [3.63, 3.8) is 0 Å². The van der Waals surface area contributed by atoms with Crippen LogP contribution in [0.2, 0.25) is 0 Å². The summed E-state index contributed by atoms with van der Waals surface area (Å²) in [5.74, 6) is 1.94. The molecule has 18 nitrogen and oxygen atoms in total. The van der Waals surface area contributed by atoms with Crippen LogP contribution in [0, 0.1) is 25.5 Å². The number of fused-ring (bicyclic) bond motifs is 4. The zero-order valence-corrected chi connectivity index (χ0v) is 40.1. The number of halogens is 2. The average molecular weight is 974 g/mol. The van der Waals surface area contributed by atoms with Gasteiger partial charge in [-0.1, -0.05) is 0 Å². The smallest absolute Gasteiger partial charge is 0.314 e. The van der Waals surface area contributed by atoms with E-state index in [0.29, 0.717) is 87.4 Å². The maximum atomic E-state index is 15.1. The van der Waals surface area contributed by atoms with E-state index in [1.54, 1.807) is 73.7 Å². The Kier molecular flexibility index (Phi) is 15.0. The molecule has 0 aliphatic carbocycles. The Balaban J connectivity index is 0.000000176. The molecule has 71 heavy (non-hydrogen) atoms. The molecule has 2 aliphatic rings. The normalized spacial score (nSPS) is 14.4. The van der Waals surface area contributed by atoms with Crippen LogP contribution >= 0.6 is 0 Å². The number of hydrogen-bond acceptors (Lipinski definition) is 14. The molecule has 8 aromatic rings. The fraction of sp³-hybridized carbons (Fsp3) is 0.353. The molecule has 0 bridgehead atoms. The van der Waals surface area contributed by atoms with E-state index in [-0.39, 0.29) is 29.3 Å². The highest BCUT2D eigenvalue weighted by molar-refractivity contribution is 5.89. The number of ether oxygens (including phenoxy) is 6. The molecule has 0 atom stereocenters. The number of nitrogens with zero attached hydrogens (tertiary/aromatic N) is 7. The number of aryl methyl sites for hydroxylation is 2. The number of hydrogen-bond donors (Lipinski definition) is 4. The van der Waals surface area contributed by atoms with Gasteiger partial charge in [0.15, 0.2) is 46.1 Å². The number of aromatic nitrogens is 6. The van der Waals surface area contributed by atoms with Crippen LogP contribution in [-0.2, 0) is 0 Å². The van der Waals surface area contributed by atoms with Crippen molar-refractivity contribution < 1.29 is 42.0 Å². The van der Waals surface area contributed by atoms with Gasteiger partial charge in [0.25, 0.3) is 0 Å². The molecular formula is C51H57F2N11O7. The average Bonchev–Trinajstić information content (AvgIpc) is 3.98. The molecular weight excluding hydrogens is 917 g/mol. The fourth-order valence-electron chi connectivity index (χ4n) is 8.80. The van der Waals surface area contributed by atoms with Crippen LogP contribution in [0.5, 0.6) is 46.3 Å². The lowest BCUT2D eigenvalue weighted by Crippen LogP contribution is -2.50. The number of nitrogens with one attached hydrogen (secondary N) is 3. The zero-order chi connectivity index (χ0) is 49.4. The molecule has 5 N–H and O–H groups in total. The second-order valence-electron chi connectivity index (χ2n) is 17.3. The van der Waals surface area contributed by atoms with E-state index in [2.05, 4.69) is 45.0 Å². The summed E-state index contributed by atoms with van der Waals surface area (Å²) in [6, 6.07) is 16.9. The van der Waals surface area contributed by atoms with Crippen LogP contribution in [0.4, 0.5) is 13.6 Å². The van der Waals surface area contributed by atoms with E-state index in [1.807, 2.05) is 19.9 Å². The maximum absolute atomic E-state index is 15.1. The van der Waals surface area contributed by atoms with E-state index in [0.717, 1.165) is 82.1 Å². The summed E-state index contributed by atoms with van der Waals surface area (Å²) in [6.07, 6.45) is 4.49. The van der Waals surface area contributed by atoms with E-state index in [1.165, 1.54) is 12.7 Å². The van der Waals surface area contributed by atoms with Crippen LogP contribution in [0.15, 0.2) is 73.3 Å². The van der Waals surface area contributed by atoms with Gasteiger partial charge < -0.3 is 59.2 Å². The number of aromatic amines is 2. The van der Waals surface area contributed by atoms with Crippen molar-refractivity contribution in [3.05, 3.63) is 96.3 Å². The minimum atomic E-state index is -0.462. The number of benzene rings is 4. The Bertz CT molecular complexity index is 3150. The van der Waals surface area contributed by atoms with Gasteiger partial charge in [0.05, 0.1) is 49.2 Å². The van der Waals surface area contributed by atoms with E-state index in [9.17, 15) is 4.79 Å². The van der Waals surface area contributed by atoms with Crippen molar-refractivity contribution in [1.29, 1.82) is 0 Å². The third-order valence-corrected chi connectivity index (χ3v) is 12.5. The third-order valence-electron chi connectivity index (χ3n) is 12.5. The van der Waals surface area contributed by atoms with Gasteiger partial charge >= 0.3 is 6.03 Å². The predicted octanol–water partition coefficient (Wildman–Crippen LogP) is 7.86. The number of primary amides is 1. The molecule has 6 heterocycles. The summed E-state index contributed by atoms with van der Waals surface area (Å²) in [5, 5.41) is 5.47. The number of H-pyrrole nitrogens is 2. The second kappa shape index (κ2) is 22.0. The van der Waals surface area contributed by atoms with Crippen molar-refractivity contribution in [2.45, 2.75) is 26.7 Å². The standard InChI is InChI=1S/C26H29FN6O4.C25H28FN5O3/c1-16-12-17-19(31-16)4-5-21(24(17)27)37-25-18-13-22(35-2)23(14-20(18)29-15-30-25)36-11-3-6-32-7-9-33(10-8-32)26(28)34;1-16-12-17-19(30-16)4-5-21(24(17)26)34-25-18-13-22(32-2)23(14-20(18)28-15-29-25)33-11-3-8-31-9-6-27-7-10-31/h4-5,12-15,31H,3,6-11H2,1-2H3,(H2,28,34);4-5,12-15,27,30H,3,6-11H2,1-2H3. The Hall–Kier alpha value is -7.55. The number of urea groups is 1. The first-order chi connectivity index (χ1) is 34.5. The van der Waals surface area contributed by atoms with Gasteiger partial charge in [-0.3, -0.25) is 4.90 Å². The molecule has 2 amide bonds. The number of rotatable bonds is 16. The summed E-state index contributed by atoms with van der Waals surface area (Å²) in [7, 11) is 3.14. The first-order valence-corrected chi connectivity index (χ1v) is 23.6. The summed E-state index contributed by atoms with van der Waals surface area (Å²) in [4.78, 5) is 41.1. The summed E-state index contributed by atoms with van der Waals surface area (Å²) < 4.78 is 65.1. The Morgan fingerprint density at radius 2 is 1.06 bits per heavy atom. The highest BCUT2D eigenvalue weighted by atomic mass is 19.1. The number of nitrogens with two attached hydrogens (primary N) is 1. The lowest BCUT2D eigenvalue weighted by atomic mass is 10.2. The molecule has 2 aliphatic heterocycles. The molecule has 0 unspecified atom stereocenters. The Morgan fingerprint density at radius 3 is 1.51 bits per heavy atom. The molecule has 4 aromatic carbocycles. The largest absolute Gasteiger partial charge is 0.493 e. The monoisotopic (exact) mass is 973 g/mol. The van der Waals surface area contributed by atoms with Gasteiger partial charge in [-0.25, -0.2) is 33.5 Å². The highest BCUT2D eigenvalue weighted by Crippen LogP contribution is 2.39. The van der Waals surface area contributed by atoms with Gasteiger partial charge in [0, 0.05) is 111 Å². The fourth-order valence-corrected chi connectivity index (χ4v) is 8.80. The maximum Gasteiger partial charge on any atom is 0.314 e. The molecule has 2 fully saturated rings. The molecule has 372 valence electrons. The minimum absolute atomic E-state index is 0.0717. The number of carbonyl (C=O) groups excluding carboxylic acids is 1. The molecule has 0 saturated carbocycles. The lowest BCUT2D eigenvalue weighted by molar-refractivity contribution is 0.138. The molecule has 2 saturated heterocycles. The minimum Gasteiger partial charge on any atom is -0.493 e. The highest BCUT2D eigenvalue weighted by Gasteiger charge is 2.21. The number of methoxy groups -OCH3 is 2. The van der Waals surface area contributed by atoms with Crippen LogP contribution in [0.1, 0.15) is 24.2 Å². The van der Waals surface area contributed by atoms with Gasteiger partial charge in [-0.15, -0.1) is 0 Å². The first-order valence-electron chi connectivity index (χ1n) is 23.6. The zero-order valence-electron chi connectivity index (χ0n) is 40.1. The number of amides is 2. The van der Waals surface area contributed by atoms with E-state index >= 15 is 8.78 Å². The SMILES string of the molecule is COc1cc2c(Oc3ccc4[nH]c(C)cc4c3F)ncnc2cc1OCCCN1CCN(C(N)=O)CC1.COc1cc2c(Oc3ccc4[nH]c(C)cc4c3F)ncnc2cc1OCCCN1CCNCC1. The van der Waals surface area contributed by atoms with Crippen LogP contribution < -0.4 is 39.5 Å². The second-order valence-corrected chi connectivity index (χ2v) is 17.3. The molecule has 0 radical (unpaired) electrons. The van der Waals surface area contributed by atoms with Crippen molar-refractivity contribution in [1.82, 2.24) is 49.9 Å². The van der Waals surface area contributed by atoms with Crippen LogP contribution in [0.25, 0.3) is 43.6 Å². The molecule has 4 aromatic heterocycles. The Morgan fingerprint density at radius 1 is 0.592 bits per heavy atom. The van der Waals surface area contributed by atoms with Crippen molar-refractivity contribution in [2.75, 3.05) is 92.9 Å². The third kappa shape index (κ3) is 11.2. The van der Waals surface area contributed by atoms with Gasteiger partial charge in [-0.2, -0.15) is 0 Å². The van der Waals surface area contributed by atoms with E-state index < -0.39 is 11.6 Å². The van der Waals surface area contributed by atoms with Crippen molar-refractivity contribution in [3.8, 4) is 46.3 Å². The van der Waals surface area contributed by atoms with Gasteiger partial charge in [0.1, 0.15) is 12.7 Å². The predicted molar refractivity (Wildman–Crippen MR) is 265 cm³/mol. The Labute approximate surface area is 408 Å². The van der Waals surface area contributed by atoms with Crippen molar-refractivity contribution in [2.24, 2.45) is 5.73 Å². The number of carbonyl (C=O) groups is 1. The summed E-state index contributed by atoms with van der Waals surface area (Å²) in [6.45, 7) is 13.7. The molecule has 10 rings (SSSR count). The van der Waals surface area contributed by atoms with Crippen molar-refractivity contribution >= 4 is 49.6 Å². The number of piperazine rings is 2. The van der Waals surface area contributed by atoms with Gasteiger partial charge in [-0.05, 0) is 75.2 Å². The topological polar surface area (TPSA) is 203 Å². The van der Waals surface area contributed by atoms with Crippen LogP contribution in [0.3, 0.4) is 0 Å². The molecule has 0 spiro atoms. The lowest BCUT2D eigenvalue weighted by Gasteiger charge is -2.33. The summed E-state index contributed by atoms with van der Waals surface area (Å²) in [5.41, 5.74) is 9.71. The quantitative estimate of drug-likeness (QED) is 0.0682.